The van der Waals surface area contributed by atoms with Gasteiger partial charge in [-0.15, -0.1) is 0 Å². The summed E-state index contributed by atoms with van der Waals surface area (Å²) in [6.45, 7) is 4.32. The van der Waals surface area contributed by atoms with Gasteiger partial charge in [-0.3, -0.25) is 5.10 Å². The highest BCUT2D eigenvalue weighted by atomic mass is 15.1. The van der Waals surface area contributed by atoms with Crippen LogP contribution in [-0.2, 0) is 12.8 Å². The van der Waals surface area contributed by atoms with Crippen molar-refractivity contribution in [3.63, 3.8) is 0 Å². The van der Waals surface area contributed by atoms with Crippen LogP contribution in [-0.4, -0.2) is 10.2 Å². The third-order valence-corrected chi connectivity index (χ3v) is 2.94. The van der Waals surface area contributed by atoms with Crippen LogP contribution in [0.1, 0.15) is 25.0 Å². The van der Waals surface area contributed by atoms with Crippen molar-refractivity contribution in [2.45, 2.75) is 26.7 Å². The standard InChI is InChI=1S/C13H17N3/c1-3-9-6-5-7-10(4-2)12(9)11-8-15-16-13(11)14/h5-8H,3-4H2,1-2H3,(H3,14,15,16). The number of nitrogens with one attached hydrogen (secondary N) is 1. The molecular weight excluding hydrogens is 198 g/mol. The minimum atomic E-state index is 0.649. The number of aromatic amines is 1. The van der Waals surface area contributed by atoms with E-state index in [0.29, 0.717) is 5.82 Å². The van der Waals surface area contributed by atoms with Gasteiger partial charge >= 0.3 is 0 Å². The summed E-state index contributed by atoms with van der Waals surface area (Å²) in [5.74, 6) is 0.649. The van der Waals surface area contributed by atoms with E-state index < -0.39 is 0 Å². The SMILES string of the molecule is CCc1cccc(CC)c1-c1cn[nH]c1N. The van der Waals surface area contributed by atoms with Crippen LogP contribution in [0.2, 0.25) is 0 Å². The number of nitrogens with two attached hydrogens (primary N) is 1. The number of H-pyrrole nitrogens is 1. The second-order valence-corrected chi connectivity index (χ2v) is 3.86. The van der Waals surface area contributed by atoms with Crippen LogP contribution in [0.15, 0.2) is 24.4 Å². The second kappa shape index (κ2) is 4.39. The fourth-order valence-corrected chi connectivity index (χ4v) is 2.08. The highest BCUT2D eigenvalue weighted by molar-refractivity contribution is 5.78. The normalized spacial score (nSPS) is 10.6. The van der Waals surface area contributed by atoms with Crippen molar-refractivity contribution in [1.82, 2.24) is 10.2 Å². The molecule has 0 bridgehead atoms. The van der Waals surface area contributed by atoms with E-state index in [0.717, 1.165) is 18.4 Å². The number of nitrogen functional groups attached to an aromatic ring is 1. The molecule has 0 aliphatic carbocycles. The third kappa shape index (κ3) is 1.69. The van der Waals surface area contributed by atoms with Gasteiger partial charge in [0.05, 0.1) is 6.20 Å². The average Bonchev–Trinajstić information content (AvgIpc) is 2.74. The van der Waals surface area contributed by atoms with Gasteiger partial charge in [0.15, 0.2) is 0 Å². The van der Waals surface area contributed by atoms with Crippen LogP contribution in [0.5, 0.6) is 0 Å². The Morgan fingerprint density at radius 3 is 2.25 bits per heavy atom. The summed E-state index contributed by atoms with van der Waals surface area (Å²) in [6, 6.07) is 6.42. The molecule has 0 amide bonds. The Labute approximate surface area is 95.7 Å². The molecule has 84 valence electrons. The van der Waals surface area contributed by atoms with Crippen LogP contribution < -0.4 is 5.73 Å². The molecule has 3 nitrogen and oxygen atoms in total. The molecule has 16 heavy (non-hydrogen) atoms. The summed E-state index contributed by atoms with van der Waals surface area (Å²) >= 11 is 0. The van der Waals surface area contributed by atoms with Crippen LogP contribution in [0.3, 0.4) is 0 Å². The van der Waals surface area contributed by atoms with E-state index in [9.17, 15) is 0 Å². The molecule has 0 radical (unpaired) electrons. The molecule has 0 spiro atoms. The zero-order valence-corrected chi connectivity index (χ0v) is 9.75. The van der Waals surface area contributed by atoms with Crippen molar-refractivity contribution in [1.29, 1.82) is 0 Å². The Morgan fingerprint density at radius 1 is 1.19 bits per heavy atom. The first-order valence-electron chi connectivity index (χ1n) is 5.67. The molecule has 1 aromatic heterocycles. The molecule has 0 unspecified atom stereocenters. The quantitative estimate of drug-likeness (QED) is 0.827. The second-order valence-electron chi connectivity index (χ2n) is 3.86. The fourth-order valence-electron chi connectivity index (χ4n) is 2.08. The molecule has 1 heterocycles. The highest BCUT2D eigenvalue weighted by Crippen LogP contribution is 2.31. The van der Waals surface area contributed by atoms with Crippen molar-refractivity contribution in [2.75, 3.05) is 5.73 Å². The van der Waals surface area contributed by atoms with Gasteiger partial charge in [-0.05, 0) is 29.5 Å². The lowest BCUT2D eigenvalue weighted by Crippen LogP contribution is -1.96. The lowest BCUT2D eigenvalue weighted by molar-refractivity contribution is 1.09. The largest absolute Gasteiger partial charge is 0.384 e. The van der Waals surface area contributed by atoms with Crippen LogP contribution in [0.4, 0.5) is 5.82 Å². The molecule has 0 saturated heterocycles. The number of benzene rings is 1. The number of hydrogen-bond acceptors (Lipinski definition) is 2. The predicted octanol–water partition coefficient (Wildman–Crippen LogP) is 2.78. The van der Waals surface area contributed by atoms with Gasteiger partial charge in [0.1, 0.15) is 5.82 Å². The summed E-state index contributed by atoms with van der Waals surface area (Å²) < 4.78 is 0. The lowest BCUT2D eigenvalue weighted by atomic mass is 9.93. The van der Waals surface area contributed by atoms with Crippen molar-refractivity contribution in [2.24, 2.45) is 0 Å². The van der Waals surface area contributed by atoms with Crippen molar-refractivity contribution < 1.29 is 0 Å². The highest BCUT2D eigenvalue weighted by Gasteiger charge is 2.12. The Balaban J connectivity index is 2.66. The van der Waals surface area contributed by atoms with Gasteiger partial charge in [-0.1, -0.05) is 32.0 Å². The monoisotopic (exact) mass is 215 g/mol. The molecule has 3 N–H and O–H groups in total. The van der Waals surface area contributed by atoms with Gasteiger partial charge in [0, 0.05) is 5.56 Å². The zero-order valence-electron chi connectivity index (χ0n) is 9.75. The summed E-state index contributed by atoms with van der Waals surface area (Å²) in [4.78, 5) is 0. The lowest BCUT2D eigenvalue weighted by Gasteiger charge is -2.12. The molecule has 0 aliphatic rings. The molecule has 2 rings (SSSR count). The van der Waals surface area contributed by atoms with Gasteiger partial charge in [-0.25, -0.2) is 0 Å². The maximum Gasteiger partial charge on any atom is 0.126 e. The maximum atomic E-state index is 5.90. The Morgan fingerprint density at radius 2 is 1.81 bits per heavy atom. The first kappa shape index (κ1) is 10.7. The number of nitrogens with zero attached hydrogens (tertiary/aromatic N) is 1. The van der Waals surface area contributed by atoms with E-state index in [2.05, 4.69) is 42.2 Å². The van der Waals surface area contributed by atoms with Gasteiger partial charge in [0.2, 0.25) is 0 Å². The number of anilines is 1. The van der Waals surface area contributed by atoms with E-state index in [-0.39, 0.29) is 0 Å². The molecular formula is C13H17N3. The minimum absolute atomic E-state index is 0.649. The first-order valence-corrected chi connectivity index (χ1v) is 5.67. The van der Waals surface area contributed by atoms with Gasteiger partial charge in [0.25, 0.3) is 0 Å². The maximum absolute atomic E-state index is 5.90. The first-order chi connectivity index (χ1) is 7.77. The summed E-state index contributed by atoms with van der Waals surface area (Å²) in [6.07, 6.45) is 3.82. The molecule has 1 aromatic carbocycles. The zero-order chi connectivity index (χ0) is 11.5. The van der Waals surface area contributed by atoms with Gasteiger partial charge in [-0.2, -0.15) is 5.10 Å². The molecule has 0 atom stereocenters. The summed E-state index contributed by atoms with van der Waals surface area (Å²) in [5.41, 5.74) is 10.8. The number of aryl methyl sites for hydroxylation is 2. The average molecular weight is 215 g/mol. The molecule has 0 aliphatic heterocycles. The van der Waals surface area contributed by atoms with E-state index in [1.807, 2.05) is 6.20 Å². The smallest absolute Gasteiger partial charge is 0.126 e. The molecule has 3 heteroatoms. The molecule has 0 saturated carbocycles. The van der Waals surface area contributed by atoms with E-state index in [4.69, 9.17) is 5.73 Å². The molecule has 2 aromatic rings. The Kier molecular flexibility index (Phi) is 2.95. The predicted molar refractivity (Wildman–Crippen MR) is 67.2 cm³/mol. The van der Waals surface area contributed by atoms with E-state index in [1.165, 1.54) is 16.7 Å². The van der Waals surface area contributed by atoms with E-state index in [1.54, 1.807) is 0 Å². The molecule has 0 fully saturated rings. The minimum Gasteiger partial charge on any atom is -0.384 e. The topological polar surface area (TPSA) is 54.7 Å². The van der Waals surface area contributed by atoms with Gasteiger partial charge < -0.3 is 5.73 Å². The van der Waals surface area contributed by atoms with Crippen LogP contribution in [0.25, 0.3) is 11.1 Å². The summed E-state index contributed by atoms with van der Waals surface area (Å²) in [5, 5.41) is 6.80. The fraction of sp³-hybridized carbons (Fsp3) is 0.308. The van der Waals surface area contributed by atoms with Crippen LogP contribution >= 0.6 is 0 Å². The Hall–Kier alpha value is -1.77. The Bertz CT molecular complexity index is 463. The van der Waals surface area contributed by atoms with Crippen LogP contribution in [0, 0.1) is 0 Å². The third-order valence-electron chi connectivity index (χ3n) is 2.94. The summed E-state index contributed by atoms with van der Waals surface area (Å²) in [7, 11) is 0. The van der Waals surface area contributed by atoms with E-state index >= 15 is 0 Å². The number of rotatable bonds is 3. The van der Waals surface area contributed by atoms with Crippen molar-refractivity contribution in [3.8, 4) is 11.1 Å². The van der Waals surface area contributed by atoms with Crippen molar-refractivity contribution in [3.05, 3.63) is 35.5 Å². The number of aromatic nitrogens is 2. The van der Waals surface area contributed by atoms with Crippen molar-refractivity contribution >= 4 is 5.82 Å². The number of hydrogen-bond donors (Lipinski definition) is 2.